The van der Waals surface area contributed by atoms with Gasteiger partial charge < -0.3 is 10.3 Å². The quantitative estimate of drug-likeness (QED) is 0.682. The van der Waals surface area contributed by atoms with Gasteiger partial charge in [-0.2, -0.15) is 0 Å². The molecule has 0 saturated heterocycles. The number of aromatic amines is 1. The minimum atomic E-state index is -0.483. The average molecular weight is 179 g/mol. The molecule has 2 rings (SSSR count). The van der Waals surface area contributed by atoms with Gasteiger partial charge in [0.05, 0.1) is 23.0 Å². The van der Waals surface area contributed by atoms with Crippen LogP contribution in [-0.4, -0.2) is 16.4 Å². The molecule has 4 nitrogen and oxygen atoms in total. The van der Waals surface area contributed by atoms with Gasteiger partial charge in [0.1, 0.15) is 5.82 Å². The third-order valence-electron chi connectivity index (χ3n) is 1.72. The van der Waals surface area contributed by atoms with Gasteiger partial charge in [0.2, 0.25) is 6.41 Å². The van der Waals surface area contributed by atoms with Gasteiger partial charge in [-0.15, -0.1) is 0 Å². The maximum atomic E-state index is 13.1. The molecule has 0 saturated carbocycles. The molecule has 0 aliphatic carbocycles. The lowest BCUT2D eigenvalue weighted by molar-refractivity contribution is -0.105. The van der Waals surface area contributed by atoms with Crippen molar-refractivity contribution in [2.45, 2.75) is 0 Å². The molecule has 2 aromatic rings. The predicted molar refractivity (Wildman–Crippen MR) is 45.7 cm³/mol. The van der Waals surface area contributed by atoms with Crippen LogP contribution >= 0.6 is 0 Å². The van der Waals surface area contributed by atoms with Crippen molar-refractivity contribution in [3.05, 3.63) is 24.3 Å². The summed E-state index contributed by atoms with van der Waals surface area (Å²) < 4.78 is 13.1. The molecule has 1 amide bonds. The van der Waals surface area contributed by atoms with Crippen molar-refractivity contribution < 1.29 is 9.18 Å². The smallest absolute Gasteiger partial charge is 0.211 e. The summed E-state index contributed by atoms with van der Waals surface area (Å²) in [6.45, 7) is 0. The summed E-state index contributed by atoms with van der Waals surface area (Å²) in [4.78, 5) is 16.8. The highest BCUT2D eigenvalue weighted by Gasteiger charge is 2.04. The van der Waals surface area contributed by atoms with E-state index in [1.807, 2.05) is 0 Å². The SMILES string of the molecule is O=CNc1cc2nc[nH]c2cc1F. The topological polar surface area (TPSA) is 57.8 Å². The lowest BCUT2D eigenvalue weighted by atomic mass is 10.2. The Hall–Kier alpha value is -1.91. The van der Waals surface area contributed by atoms with Crippen molar-refractivity contribution in [3.63, 3.8) is 0 Å². The summed E-state index contributed by atoms with van der Waals surface area (Å²) in [5, 5.41) is 2.25. The third-order valence-corrected chi connectivity index (χ3v) is 1.72. The number of imidazole rings is 1. The fourth-order valence-electron chi connectivity index (χ4n) is 1.13. The van der Waals surface area contributed by atoms with Crippen molar-refractivity contribution >= 4 is 23.1 Å². The summed E-state index contributed by atoms with van der Waals surface area (Å²) in [6.07, 6.45) is 1.89. The lowest BCUT2D eigenvalue weighted by Crippen LogP contribution is -1.96. The van der Waals surface area contributed by atoms with Gasteiger partial charge in [0, 0.05) is 6.07 Å². The molecule has 1 heterocycles. The molecule has 2 N–H and O–H groups in total. The van der Waals surface area contributed by atoms with E-state index in [-0.39, 0.29) is 5.69 Å². The number of fused-ring (bicyclic) bond motifs is 1. The number of amides is 1. The molecule has 13 heavy (non-hydrogen) atoms. The van der Waals surface area contributed by atoms with Crippen LogP contribution in [0.15, 0.2) is 18.5 Å². The highest BCUT2D eigenvalue weighted by molar-refractivity contribution is 5.83. The van der Waals surface area contributed by atoms with Crippen LogP contribution in [0, 0.1) is 5.82 Å². The maximum Gasteiger partial charge on any atom is 0.211 e. The molecule has 0 unspecified atom stereocenters. The van der Waals surface area contributed by atoms with Crippen LogP contribution in [0.3, 0.4) is 0 Å². The molecule has 0 spiro atoms. The van der Waals surface area contributed by atoms with E-state index in [1.165, 1.54) is 18.5 Å². The highest BCUT2D eigenvalue weighted by Crippen LogP contribution is 2.19. The average Bonchev–Trinajstić information content (AvgIpc) is 2.52. The number of rotatable bonds is 2. The molecule has 66 valence electrons. The molecular weight excluding hydrogens is 173 g/mol. The van der Waals surface area contributed by atoms with Crippen molar-refractivity contribution in [3.8, 4) is 0 Å². The van der Waals surface area contributed by atoms with Crippen LogP contribution in [0.25, 0.3) is 11.0 Å². The number of hydrogen-bond acceptors (Lipinski definition) is 2. The molecule has 1 aromatic carbocycles. The molecule has 0 bridgehead atoms. The number of carbonyl (C=O) groups is 1. The van der Waals surface area contributed by atoms with Gasteiger partial charge in [-0.1, -0.05) is 0 Å². The summed E-state index contributed by atoms with van der Waals surface area (Å²) >= 11 is 0. The monoisotopic (exact) mass is 179 g/mol. The first-order valence-corrected chi connectivity index (χ1v) is 3.64. The first-order chi connectivity index (χ1) is 6.31. The van der Waals surface area contributed by atoms with E-state index in [1.54, 1.807) is 0 Å². The molecule has 5 heteroatoms. The van der Waals surface area contributed by atoms with E-state index in [0.29, 0.717) is 17.4 Å². The van der Waals surface area contributed by atoms with Crippen molar-refractivity contribution in [2.24, 2.45) is 0 Å². The number of nitrogens with one attached hydrogen (secondary N) is 2. The highest BCUT2D eigenvalue weighted by atomic mass is 19.1. The van der Waals surface area contributed by atoms with Crippen LogP contribution in [-0.2, 0) is 4.79 Å². The minimum Gasteiger partial charge on any atom is -0.345 e. The number of carbonyl (C=O) groups excluding carboxylic acids is 1. The zero-order valence-electron chi connectivity index (χ0n) is 6.54. The maximum absolute atomic E-state index is 13.1. The van der Waals surface area contributed by atoms with E-state index in [9.17, 15) is 9.18 Å². The third kappa shape index (κ3) is 1.24. The largest absolute Gasteiger partial charge is 0.345 e. The normalized spacial score (nSPS) is 10.2. The summed E-state index contributed by atoms with van der Waals surface area (Å²) in [6, 6.07) is 2.75. The Bertz CT molecular complexity index is 452. The number of H-pyrrole nitrogens is 1. The molecule has 0 aliphatic rings. The standard InChI is InChI=1S/C8H6FN3O/c9-5-1-7-8(11-3-10-7)2-6(5)12-4-13/h1-4H,(H,10,11)(H,12,13). The van der Waals surface area contributed by atoms with Crippen LogP contribution in [0.5, 0.6) is 0 Å². The second-order valence-electron chi connectivity index (χ2n) is 2.51. The van der Waals surface area contributed by atoms with E-state index in [0.717, 1.165) is 0 Å². The van der Waals surface area contributed by atoms with Gasteiger partial charge in [-0.25, -0.2) is 9.37 Å². The van der Waals surface area contributed by atoms with Crippen LogP contribution in [0.4, 0.5) is 10.1 Å². The van der Waals surface area contributed by atoms with Gasteiger partial charge >= 0.3 is 0 Å². The Morgan fingerprint density at radius 2 is 2.38 bits per heavy atom. The molecule has 1 aromatic heterocycles. The van der Waals surface area contributed by atoms with Gasteiger partial charge in [0.15, 0.2) is 0 Å². The fourth-order valence-corrected chi connectivity index (χ4v) is 1.13. The summed E-state index contributed by atoms with van der Waals surface area (Å²) in [5.74, 6) is -0.483. The van der Waals surface area contributed by atoms with Crippen LogP contribution in [0.2, 0.25) is 0 Å². The Morgan fingerprint density at radius 3 is 3.15 bits per heavy atom. The van der Waals surface area contributed by atoms with E-state index < -0.39 is 5.82 Å². The first kappa shape index (κ1) is 7.72. The Balaban J connectivity index is 2.62. The van der Waals surface area contributed by atoms with Crippen molar-refractivity contribution in [1.82, 2.24) is 9.97 Å². The fraction of sp³-hybridized carbons (Fsp3) is 0. The predicted octanol–water partition coefficient (Wildman–Crippen LogP) is 1.27. The number of aromatic nitrogens is 2. The number of nitrogens with zero attached hydrogens (tertiary/aromatic N) is 1. The Labute approximate surface area is 72.8 Å². The van der Waals surface area contributed by atoms with E-state index in [4.69, 9.17) is 0 Å². The van der Waals surface area contributed by atoms with Gasteiger partial charge in [-0.3, -0.25) is 4.79 Å². The lowest BCUT2D eigenvalue weighted by Gasteiger charge is -1.99. The van der Waals surface area contributed by atoms with E-state index >= 15 is 0 Å². The molecule has 0 atom stereocenters. The Morgan fingerprint density at radius 1 is 1.54 bits per heavy atom. The van der Waals surface area contributed by atoms with E-state index in [2.05, 4.69) is 15.3 Å². The van der Waals surface area contributed by atoms with Crippen LogP contribution < -0.4 is 5.32 Å². The number of halogens is 1. The number of benzene rings is 1. The zero-order valence-corrected chi connectivity index (χ0v) is 6.54. The summed E-state index contributed by atoms with van der Waals surface area (Å²) in [5.41, 5.74) is 1.36. The molecule has 0 aliphatic heterocycles. The zero-order chi connectivity index (χ0) is 9.26. The molecule has 0 radical (unpaired) electrons. The van der Waals surface area contributed by atoms with Gasteiger partial charge in [0.25, 0.3) is 0 Å². The number of anilines is 1. The van der Waals surface area contributed by atoms with Crippen molar-refractivity contribution in [1.29, 1.82) is 0 Å². The minimum absolute atomic E-state index is 0.134. The number of hydrogen-bond donors (Lipinski definition) is 2. The summed E-state index contributed by atoms with van der Waals surface area (Å²) in [7, 11) is 0. The second-order valence-corrected chi connectivity index (χ2v) is 2.51. The van der Waals surface area contributed by atoms with Gasteiger partial charge in [-0.05, 0) is 6.07 Å². The second kappa shape index (κ2) is 2.85. The Kier molecular flexibility index (Phi) is 1.70. The van der Waals surface area contributed by atoms with Crippen LogP contribution in [0.1, 0.15) is 0 Å². The molecular formula is C8H6FN3O. The van der Waals surface area contributed by atoms with Crippen molar-refractivity contribution in [2.75, 3.05) is 5.32 Å². The molecule has 0 fully saturated rings. The first-order valence-electron chi connectivity index (χ1n) is 3.64.